The minimum Gasteiger partial charge on any atom is -0.396 e. The van der Waals surface area contributed by atoms with Gasteiger partial charge in [-0.05, 0) is 36.3 Å². The molecule has 120 valence electrons. The molecule has 22 heavy (non-hydrogen) atoms. The maximum atomic E-state index is 12.1. The van der Waals surface area contributed by atoms with Crippen molar-refractivity contribution >= 4 is 16.8 Å². The van der Waals surface area contributed by atoms with E-state index in [9.17, 15) is 9.90 Å². The summed E-state index contributed by atoms with van der Waals surface area (Å²) in [5.74, 6) is 0.0456. The third kappa shape index (κ3) is 4.10. The maximum absolute atomic E-state index is 12.1. The highest BCUT2D eigenvalue weighted by molar-refractivity contribution is 5.90. The Hall–Kier alpha value is -1.81. The molecular weight excluding hydrogens is 276 g/mol. The van der Waals surface area contributed by atoms with E-state index in [1.807, 2.05) is 32.2 Å². The predicted molar refractivity (Wildman–Crippen MR) is 89.9 cm³/mol. The van der Waals surface area contributed by atoms with Crippen molar-refractivity contribution in [3.8, 4) is 0 Å². The third-order valence-corrected chi connectivity index (χ3v) is 4.14. The van der Waals surface area contributed by atoms with Crippen molar-refractivity contribution in [2.24, 2.45) is 5.41 Å². The van der Waals surface area contributed by atoms with Crippen LogP contribution in [0.25, 0.3) is 10.9 Å². The lowest BCUT2D eigenvalue weighted by molar-refractivity contribution is -0.120. The van der Waals surface area contributed by atoms with Crippen LogP contribution in [0.5, 0.6) is 0 Å². The van der Waals surface area contributed by atoms with Crippen molar-refractivity contribution in [1.29, 1.82) is 0 Å². The van der Waals surface area contributed by atoms with E-state index in [4.69, 9.17) is 0 Å². The van der Waals surface area contributed by atoms with E-state index in [0.717, 1.165) is 29.3 Å². The zero-order valence-electron chi connectivity index (χ0n) is 13.7. The van der Waals surface area contributed by atoms with E-state index in [-0.39, 0.29) is 17.9 Å². The topological polar surface area (TPSA) is 65.1 Å². The quantitative estimate of drug-likeness (QED) is 0.689. The van der Waals surface area contributed by atoms with Gasteiger partial charge in [0.2, 0.25) is 5.91 Å². The van der Waals surface area contributed by atoms with Crippen molar-refractivity contribution in [2.75, 3.05) is 13.2 Å². The number of carbonyl (C=O) groups excluding carboxylic acids is 1. The Morgan fingerprint density at radius 2 is 2.14 bits per heavy atom. The molecule has 0 fully saturated rings. The second-order valence-electron chi connectivity index (χ2n) is 6.76. The zero-order valence-corrected chi connectivity index (χ0v) is 13.7. The maximum Gasteiger partial charge on any atom is 0.224 e. The molecule has 1 aromatic heterocycles. The number of hydrogen-bond donors (Lipinski definition) is 3. The molecule has 0 unspecified atom stereocenters. The van der Waals surface area contributed by atoms with Crippen LogP contribution < -0.4 is 5.32 Å². The first-order valence-corrected chi connectivity index (χ1v) is 7.86. The lowest BCUT2D eigenvalue weighted by Gasteiger charge is -2.21. The van der Waals surface area contributed by atoms with Crippen LogP contribution in [-0.4, -0.2) is 29.1 Å². The Balaban J connectivity index is 1.85. The lowest BCUT2D eigenvalue weighted by atomic mass is 9.89. The van der Waals surface area contributed by atoms with Crippen LogP contribution in [0.2, 0.25) is 0 Å². The highest BCUT2D eigenvalue weighted by Gasteiger charge is 2.16. The monoisotopic (exact) mass is 302 g/mol. The number of carbonyl (C=O) groups is 1. The van der Waals surface area contributed by atoms with Crippen LogP contribution in [-0.2, 0) is 11.2 Å². The molecule has 0 spiro atoms. The number of nitrogens with one attached hydrogen (secondary N) is 2. The molecule has 2 rings (SSSR count). The minimum atomic E-state index is -0.0703. The van der Waals surface area contributed by atoms with Gasteiger partial charge in [0.1, 0.15) is 0 Å². The molecular formula is C18H26N2O2. The van der Waals surface area contributed by atoms with Gasteiger partial charge in [-0.15, -0.1) is 0 Å². The molecule has 3 N–H and O–H groups in total. The summed E-state index contributed by atoms with van der Waals surface area (Å²) >= 11 is 0. The van der Waals surface area contributed by atoms with Crippen molar-refractivity contribution in [1.82, 2.24) is 10.3 Å². The fraction of sp³-hybridized carbons (Fsp3) is 0.500. The fourth-order valence-corrected chi connectivity index (χ4v) is 2.62. The number of aliphatic hydroxyl groups excluding tert-OH is 1. The third-order valence-electron chi connectivity index (χ3n) is 4.14. The number of aryl methyl sites for hydroxylation is 1. The Bertz CT molecular complexity index is 644. The number of amides is 1. The summed E-state index contributed by atoms with van der Waals surface area (Å²) in [4.78, 5) is 15.3. The Labute approximate surface area is 131 Å². The average molecular weight is 302 g/mol. The summed E-state index contributed by atoms with van der Waals surface area (Å²) in [6.45, 7) is 6.96. The van der Waals surface area contributed by atoms with Gasteiger partial charge in [-0.25, -0.2) is 0 Å². The number of benzene rings is 1. The predicted octanol–water partition coefficient (Wildman–Crippen LogP) is 2.93. The standard InChI is InChI=1S/C18H26N2O2/c1-13-6-4-7-15-14(11-20-17(13)15)10-16(22)19-9-5-8-18(2,3)12-21/h4,6-7,11,20-21H,5,8-10,12H2,1-3H3,(H,19,22). The molecule has 1 aromatic carbocycles. The van der Waals surface area contributed by atoms with Gasteiger partial charge in [-0.3, -0.25) is 4.79 Å². The Kier molecular flexibility index (Phi) is 5.24. The van der Waals surface area contributed by atoms with Gasteiger partial charge in [-0.2, -0.15) is 0 Å². The van der Waals surface area contributed by atoms with E-state index in [1.54, 1.807) is 0 Å². The molecule has 4 heteroatoms. The molecule has 0 atom stereocenters. The van der Waals surface area contributed by atoms with Gasteiger partial charge in [0.25, 0.3) is 0 Å². The van der Waals surface area contributed by atoms with Crippen LogP contribution >= 0.6 is 0 Å². The van der Waals surface area contributed by atoms with Crippen molar-refractivity contribution in [3.05, 3.63) is 35.5 Å². The van der Waals surface area contributed by atoms with Crippen molar-refractivity contribution in [3.63, 3.8) is 0 Å². The smallest absolute Gasteiger partial charge is 0.224 e. The number of para-hydroxylation sites is 1. The number of aromatic nitrogens is 1. The van der Waals surface area contributed by atoms with Gasteiger partial charge in [0, 0.05) is 30.3 Å². The Morgan fingerprint density at radius 1 is 1.36 bits per heavy atom. The molecule has 0 aliphatic carbocycles. The van der Waals surface area contributed by atoms with Gasteiger partial charge >= 0.3 is 0 Å². The Morgan fingerprint density at radius 3 is 2.86 bits per heavy atom. The molecule has 0 aliphatic heterocycles. The van der Waals surface area contributed by atoms with E-state index in [0.29, 0.717) is 13.0 Å². The number of H-pyrrole nitrogens is 1. The lowest BCUT2D eigenvalue weighted by Crippen LogP contribution is -2.27. The van der Waals surface area contributed by atoms with Crippen LogP contribution in [0.3, 0.4) is 0 Å². The number of rotatable bonds is 7. The number of fused-ring (bicyclic) bond motifs is 1. The zero-order chi connectivity index (χ0) is 16.2. The first kappa shape index (κ1) is 16.6. The summed E-state index contributed by atoms with van der Waals surface area (Å²) in [6, 6.07) is 6.13. The molecule has 2 aromatic rings. The van der Waals surface area contributed by atoms with Crippen molar-refractivity contribution in [2.45, 2.75) is 40.0 Å². The summed E-state index contributed by atoms with van der Waals surface area (Å²) in [5, 5.41) is 13.3. The van der Waals surface area contributed by atoms with E-state index in [2.05, 4.69) is 23.3 Å². The van der Waals surface area contributed by atoms with Crippen LogP contribution in [0.15, 0.2) is 24.4 Å². The second-order valence-corrected chi connectivity index (χ2v) is 6.76. The second kappa shape index (κ2) is 6.97. The number of aliphatic hydroxyl groups is 1. The first-order chi connectivity index (χ1) is 10.4. The van der Waals surface area contributed by atoms with Gasteiger partial charge in [0.15, 0.2) is 0 Å². The largest absolute Gasteiger partial charge is 0.396 e. The molecule has 0 saturated heterocycles. The SMILES string of the molecule is Cc1cccc2c(CC(=O)NCCCC(C)(C)CO)c[nH]c12. The van der Waals surface area contributed by atoms with Gasteiger partial charge in [-0.1, -0.05) is 32.0 Å². The van der Waals surface area contributed by atoms with E-state index in [1.165, 1.54) is 5.56 Å². The molecule has 1 amide bonds. The molecule has 1 heterocycles. The van der Waals surface area contributed by atoms with Crippen molar-refractivity contribution < 1.29 is 9.90 Å². The highest BCUT2D eigenvalue weighted by atomic mass is 16.3. The van der Waals surface area contributed by atoms with Gasteiger partial charge in [0.05, 0.1) is 6.42 Å². The number of hydrogen-bond acceptors (Lipinski definition) is 2. The summed E-state index contributed by atoms with van der Waals surface area (Å²) in [7, 11) is 0. The summed E-state index contributed by atoms with van der Waals surface area (Å²) < 4.78 is 0. The fourth-order valence-electron chi connectivity index (χ4n) is 2.62. The average Bonchev–Trinajstić information content (AvgIpc) is 2.88. The number of aromatic amines is 1. The minimum absolute atomic E-state index is 0.0456. The summed E-state index contributed by atoms with van der Waals surface area (Å²) in [6.07, 6.45) is 4.10. The van der Waals surface area contributed by atoms with Crippen LogP contribution in [0.4, 0.5) is 0 Å². The van der Waals surface area contributed by atoms with Crippen LogP contribution in [0.1, 0.15) is 37.8 Å². The highest BCUT2D eigenvalue weighted by Crippen LogP contribution is 2.22. The molecule has 0 radical (unpaired) electrons. The molecule has 0 bridgehead atoms. The van der Waals surface area contributed by atoms with E-state index >= 15 is 0 Å². The molecule has 0 saturated carbocycles. The molecule has 0 aliphatic rings. The first-order valence-electron chi connectivity index (χ1n) is 7.86. The van der Waals surface area contributed by atoms with E-state index < -0.39 is 0 Å². The summed E-state index contributed by atoms with van der Waals surface area (Å²) in [5.41, 5.74) is 3.26. The van der Waals surface area contributed by atoms with Gasteiger partial charge < -0.3 is 15.4 Å². The normalized spacial score (nSPS) is 11.8. The van der Waals surface area contributed by atoms with Crippen LogP contribution in [0, 0.1) is 12.3 Å². The molecule has 4 nitrogen and oxygen atoms in total.